The van der Waals surface area contributed by atoms with Crippen LogP contribution >= 0.6 is 0 Å². The summed E-state index contributed by atoms with van der Waals surface area (Å²) in [4.78, 5) is 0. The van der Waals surface area contributed by atoms with E-state index in [-0.39, 0.29) is 0 Å². The van der Waals surface area contributed by atoms with Crippen molar-refractivity contribution >= 4 is 0 Å². The molecule has 0 heterocycles. The Bertz CT molecular complexity index is 231. The van der Waals surface area contributed by atoms with Crippen molar-refractivity contribution in [1.29, 1.82) is 0 Å². The van der Waals surface area contributed by atoms with Gasteiger partial charge < -0.3 is 5.11 Å². The summed E-state index contributed by atoms with van der Waals surface area (Å²) in [5.74, 6) is 6.34. The maximum Gasteiger partial charge on any atom is 0.0936 e. The molecule has 0 aliphatic heterocycles. The van der Waals surface area contributed by atoms with Gasteiger partial charge in [0.2, 0.25) is 0 Å². The van der Waals surface area contributed by atoms with Crippen molar-refractivity contribution in [3.05, 3.63) is 12.2 Å². The van der Waals surface area contributed by atoms with E-state index in [1.165, 1.54) is 0 Å². The normalized spacial score (nSPS) is 34.1. The maximum absolute atomic E-state index is 9.93. The largest absolute Gasteiger partial charge is 0.385 e. The highest BCUT2D eigenvalue weighted by molar-refractivity contribution is 5.13. The van der Waals surface area contributed by atoms with E-state index in [2.05, 4.69) is 24.8 Å². The Morgan fingerprint density at radius 3 is 2.92 bits per heavy atom. The van der Waals surface area contributed by atoms with Crippen LogP contribution in [0.4, 0.5) is 0 Å². The van der Waals surface area contributed by atoms with Crippen molar-refractivity contribution < 1.29 is 5.11 Å². The number of hydrogen-bond acceptors (Lipinski definition) is 1. The number of rotatable bonds is 1. The highest BCUT2D eigenvalue weighted by Gasteiger charge is 2.25. The first-order valence-corrected chi connectivity index (χ1v) is 4.48. The van der Waals surface area contributed by atoms with Crippen molar-refractivity contribution in [2.75, 3.05) is 0 Å². The lowest BCUT2D eigenvalue weighted by Gasteiger charge is -2.27. The van der Waals surface area contributed by atoms with Gasteiger partial charge in [0.15, 0.2) is 0 Å². The Kier molecular flexibility index (Phi) is 2.94. The molecule has 0 aromatic rings. The molecule has 0 aromatic carbocycles. The van der Waals surface area contributed by atoms with Crippen molar-refractivity contribution in [3.63, 3.8) is 0 Å². The first-order chi connectivity index (χ1) is 5.66. The molecular weight excluding hydrogens is 148 g/mol. The smallest absolute Gasteiger partial charge is 0.0936 e. The zero-order valence-corrected chi connectivity index (χ0v) is 7.80. The van der Waals surface area contributed by atoms with Crippen molar-refractivity contribution in [2.24, 2.45) is 5.92 Å². The molecule has 0 saturated carbocycles. The molecule has 0 aromatic heterocycles. The fourth-order valence-electron chi connectivity index (χ4n) is 1.39. The summed E-state index contributed by atoms with van der Waals surface area (Å²) < 4.78 is 0. The van der Waals surface area contributed by atoms with Crippen LogP contribution in [0, 0.1) is 17.8 Å². The second-order valence-corrected chi connectivity index (χ2v) is 3.58. The van der Waals surface area contributed by atoms with Gasteiger partial charge in [0, 0.05) is 6.42 Å². The summed E-state index contributed by atoms with van der Waals surface area (Å²) in [5, 5.41) is 9.93. The average molecular weight is 164 g/mol. The molecule has 0 saturated heterocycles. The minimum Gasteiger partial charge on any atom is -0.385 e. The van der Waals surface area contributed by atoms with Crippen LogP contribution in [0.3, 0.4) is 0 Å². The molecule has 1 rings (SSSR count). The molecule has 1 N–H and O–H groups in total. The fourth-order valence-corrected chi connectivity index (χ4v) is 1.39. The molecule has 1 nitrogen and oxygen atoms in total. The summed E-state index contributed by atoms with van der Waals surface area (Å²) >= 11 is 0. The molecular formula is C11H16O. The first kappa shape index (κ1) is 9.35. The second-order valence-electron chi connectivity index (χ2n) is 3.58. The highest BCUT2D eigenvalue weighted by atomic mass is 16.3. The van der Waals surface area contributed by atoms with E-state index in [1.54, 1.807) is 6.92 Å². The summed E-state index contributed by atoms with van der Waals surface area (Å²) in [5.41, 5.74) is -0.643. The van der Waals surface area contributed by atoms with Crippen LogP contribution in [0.25, 0.3) is 0 Å². The summed E-state index contributed by atoms with van der Waals surface area (Å²) in [6.45, 7) is 3.97. The van der Waals surface area contributed by atoms with E-state index >= 15 is 0 Å². The van der Waals surface area contributed by atoms with Gasteiger partial charge >= 0.3 is 0 Å². The Morgan fingerprint density at radius 1 is 1.67 bits per heavy atom. The minimum atomic E-state index is -0.643. The monoisotopic (exact) mass is 164 g/mol. The van der Waals surface area contributed by atoms with E-state index in [0.717, 1.165) is 12.8 Å². The Balaban J connectivity index is 2.58. The third kappa shape index (κ3) is 2.39. The van der Waals surface area contributed by atoms with Gasteiger partial charge in [0.1, 0.15) is 0 Å². The molecule has 0 radical (unpaired) electrons. The van der Waals surface area contributed by atoms with Crippen LogP contribution in [-0.2, 0) is 0 Å². The lowest BCUT2D eigenvalue weighted by Crippen LogP contribution is -2.28. The van der Waals surface area contributed by atoms with Crippen molar-refractivity contribution in [3.8, 4) is 11.8 Å². The third-order valence-electron chi connectivity index (χ3n) is 2.34. The zero-order valence-electron chi connectivity index (χ0n) is 7.80. The van der Waals surface area contributed by atoms with E-state index in [1.807, 2.05) is 6.08 Å². The van der Waals surface area contributed by atoms with Crippen LogP contribution < -0.4 is 0 Å². The molecule has 0 spiro atoms. The Morgan fingerprint density at radius 2 is 2.42 bits per heavy atom. The lowest BCUT2D eigenvalue weighted by molar-refractivity contribution is 0.0749. The number of hydrogen-bond donors (Lipinski definition) is 1. The van der Waals surface area contributed by atoms with E-state index in [4.69, 9.17) is 0 Å². The van der Waals surface area contributed by atoms with Gasteiger partial charge in [-0.2, -0.15) is 0 Å². The molecule has 2 unspecified atom stereocenters. The van der Waals surface area contributed by atoms with Crippen LogP contribution in [0.5, 0.6) is 0 Å². The Hall–Kier alpha value is -0.740. The molecule has 12 heavy (non-hydrogen) atoms. The Labute approximate surface area is 74.5 Å². The molecule has 1 heteroatoms. The van der Waals surface area contributed by atoms with Crippen LogP contribution in [0.2, 0.25) is 0 Å². The molecule has 0 amide bonds. The van der Waals surface area contributed by atoms with Gasteiger partial charge in [-0.15, -0.1) is 11.8 Å². The van der Waals surface area contributed by atoms with Crippen LogP contribution in [0.1, 0.15) is 33.1 Å². The standard InChI is InChI=1S/C11H16O/c1-3-4-7-11(12)8-5-10(2)6-9-11/h5,8,10,12H,6-7,9H2,1-2H3. The fraction of sp³-hybridized carbons (Fsp3) is 0.636. The maximum atomic E-state index is 9.93. The molecule has 1 aliphatic rings. The van der Waals surface area contributed by atoms with Crippen LogP contribution in [-0.4, -0.2) is 10.7 Å². The minimum absolute atomic E-state index is 0.576. The predicted molar refractivity (Wildman–Crippen MR) is 50.6 cm³/mol. The SMILES string of the molecule is CC#CCC1(O)C=CC(C)CC1. The molecule has 0 bridgehead atoms. The van der Waals surface area contributed by atoms with Gasteiger partial charge in [-0.25, -0.2) is 0 Å². The summed E-state index contributed by atoms with van der Waals surface area (Å²) in [6, 6.07) is 0. The third-order valence-corrected chi connectivity index (χ3v) is 2.34. The zero-order chi connectivity index (χ0) is 9.03. The van der Waals surface area contributed by atoms with Gasteiger partial charge in [-0.3, -0.25) is 0 Å². The van der Waals surface area contributed by atoms with Crippen molar-refractivity contribution in [1.82, 2.24) is 0 Å². The number of allylic oxidation sites excluding steroid dienone is 1. The quantitative estimate of drug-likeness (QED) is 0.465. The van der Waals surface area contributed by atoms with E-state index in [0.29, 0.717) is 12.3 Å². The lowest BCUT2D eigenvalue weighted by atomic mass is 9.84. The summed E-state index contributed by atoms with van der Waals surface area (Å²) in [6.07, 6.45) is 6.48. The first-order valence-electron chi connectivity index (χ1n) is 4.48. The number of aliphatic hydroxyl groups is 1. The van der Waals surface area contributed by atoms with E-state index < -0.39 is 5.60 Å². The van der Waals surface area contributed by atoms with Gasteiger partial charge in [0.05, 0.1) is 5.60 Å². The summed E-state index contributed by atoms with van der Waals surface area (Å²) in [7, 11) is 0. The molecule has 2 atom stereocenters. The average Bonchev–Trinajstić information content (AvgIpc) is 2.08. The van der Waals surface area contributed by atoms with Crippen LogP contribution in [0.15, 0.2) is 12.2 Å². The van der Waals surface area contributed by atoms with Crippen molar-refractivity contribution in [2.45, 2.75) is 38.7 Å². The molecule has 1 aliphatic carbocycles. The van der Waals surface area contributed by atoms with Gasteiger partial charge in [-0.05, 0) is 25.7 Å². The second kappa shape index (κ2) is 3.78. The van der Waals surface area contributed by atoms with E-state index in [9.17, 15) is 5.11 Å². The van der Waals surface area contributed by atoms with Gasteiger partial charge in [-0.1, -0.05) is 19.1 Å². The highest BCUT2D eigenvalue weighted by Crippen LogP contribution is 2.27. The molecule has 0 fully saturated rings. The van der Waals surface area contributed by atoms with Gasteiger partial charge in [0.25, 0.3) is 0 Å². The molecule has 66 valence electrons. The predicted octanol–water partition coefficient (Wildman–Crippen LogP) is 2.12. The topological polar surface area (TPSA) is 20.2 Å².